The van der Waals surface area contributed by atoms with E-state index in [1.165, 1.54) is 12.1 Å². The summed E-state index contributed by atoms with van der Waals surface area (Å²) in [5.41, 5.74) is 2.73. The minimum absolute atomic E-state index is 0.388. The fourth-order valence-corrected chi connectivity index (χ4v) is 2.65. The van der Waals surface area contributed by atoms with E-state index in [9.17, 15) is 18.3 Å². The lowest BCUT2D eigenvalue weighted by atomic mass is 9.93. The molecule has 1 nitrogen and oxygen atoms in total. The zero-order valence-corrected chi connectivity index (χ0v) is 13.5. The lowest BCUT2D eigenvalue weighted by molar-refractivity contribution is -0.137. The lowest BCUT2D eigenvalue weighted by Gasteiger charge is -2.17. The molecule has 124 valence electrons. The van der Waals surface area contributed by atoms with E-state index >= 15 is 0 Å². The first-order valence-corrected chi connectivity index (χ1v) is 7.64. The number of aryl methyl sites for hydroxylation is 1. The summed E-state index contributed by atoms with van der Waals surface area (Å²) in [6.45, 7) is 6.01. The second-order valence-corrected chi connectivity index (χ2v) is 6.29. The Morgan fingerprint density at radius 2 is 1.52 bits per heavy atom. The first-order chi connectivity index (χ1) is 10.7. The number of benzene rings is 2. The van der Waals surface area contributed by atoms with Crippen molar-refractivity contribution in [1.82, 2.24) is 0 Å². The predicted molar refractivity (Wildman–Crippen MR) is 86.0 cm³/mol. The Morgan fingerprint density at radius 3 is 2.00 bits per heavy atom. The van der Waals surface area contributed by atoms with Gasteiger partial charge in [0, 0.05) is 0 Å². The molecule has 1 N–H and O–H groups in total. The third kappa shape index (κ3) is 4.35. The molecule has 0 amide bonds. The van der Waals surface area contributed by atoms with Crippen molar-refractivity contribution in [2.24, 2.45) is 5.92 Å². The van der Waals surface area contributed by atoms with Crippen LogP contribution < -0.4 is 0 Å². The summed E-state index contributed by atoms with van der Waals surface area (Å²) in [5.74, 6) is 0.388. The second-order valence-electron chi connectivity index (χ2n) is 6.29. The largest absolute Gasteiger partial charge is 0.416 e. The van der Waals surface area contributed by atoms with Crippen LogP contribution in [0, 0.1) is 12.8 Å². The Labute approximate surface area is 134 Å². The van der Waals surface area contributed by atoms with Gasteiger partial charge >= 0.3 is 6.18 Å². The molecule has 0 radical (unpaired) electrons. The molecule has 2 aromatic carbocycles. The quantitative estimate of drug-likeness (QED) is 0.758. The molecule has 0 aliphatic heterocycles. The van der Waals surface area contributed by atoms with Gasteiger partial charge in [0.15, 0.2) is 0 Å². The van der Waals surface area contributed by atoms with Crippen LogP contribution in [0.25, 0.3) is 11.1 Å². The number of hydrogen-bond acceptors (Lipinski definition) is 1. The van der Waals surface area contributed by atoms with Crippen molar-refractivity contribution < 1.29 is 18.3 Å². The Balaban J connectivity index is 2.26. The van der Waals surface area contributed by atoms with Crippen LogP contribution in [0.3, 0.4) is 0 Å². The maximum Gasteiger partial charge on any atom is 0.416 e. The molecular weight excluding hydrogens is 301 g/mol. The lowest BCUT2D eigenvalue weighted by Crippen LogP contribution is -2.04. The van der Waals surface area contributed by atoms with Gasteiger partial charge in [0.05, 0.1) is 11.7 Å². The van der Waals surface area contributed by atoms with Gasteiger partial charge in [-0.2, -0.15) is 13.2 Å². The summed E-state index contributed by atoms with van der Waals surface area (Å²) < 4.78 is 37.8. The first kappa shape index (κ1) is 17.5. The molecule has 0 aliphatic carbocycles. The zero-order valence-electron chi connectivity index (χ0n) is 13.5. The molecule has 0 saturated carbocycles. The fourth-order valence-electron chi connectivity index (χ4n) is 2.65. The highest BCUT2D eigenvalue weighted by Crippen LogP contribution is 2.32. The van der Waals surface area contributed by atoms with Crippen LogP contribution in [0.5, 0.6) is 0 Å². The van der Waals surface area contributed by atoms with Crippen LogP contribution in [0.1, 0.15) is 43.1 Å². The van der Waals surface area contributed by atoms with Crippen LogP contribution in [0.15, 0.2) is 42.5 Å². The van der Waals surface area contributed by atoms with Gasteiger partial charge < -0.3 is 5.11 Å². The highest BCUT2D eigenvalue weighted by atomic mass is 19.4. The number of aliphatic hydroxyl groups is 1. The molecule has 2 aromatic rings. The van der Waals surface area contributed by atoms with Crippen molar-refractivity contribution in [3.05, 3.63) is 59.2 Å². The van der Waals surface area contributed by atoms with E-state index in [0.29, 0.717) is 12.3 Å². The summed E-state index contributed by atoms with van der Waals surface area (Å²) in [5, 5.41) is 10.2. The number of alkyl halides is 3. The van der Waals surface area contributed by atoms with E-state index in [1.807, 2.05) is 25.1 Å². The highest BCUT2D eigenvalue weighted by molar-refractivity contribution is 5.65. The van der Waals surface area contributed by atoms with Crippen LogP contribution in [-0.2, 0) is 6.18 Å². The van der Waals surface area contributed by atoms with Gasteiger partial charge in [-0.25, -0.2) is 0 Å². The summed E-state index contributed by atoms with van der Waals surface area (Å²) >= 11 is 0. The topological polar surface area (TPSA) is 20.2 Å². The van der Waals surface area contributed by atoms with Crippen molar-refractivity contribution in [1.29, 1.82) is 0 Å². The van der Waals surface area contributed by atoms with Crippen LogP contribution in [0.4, 0.5) is 13.2 Å². The first-order valence-electron chi connectivity index (χ1n) is 7.64. The minimum atomic E-state index is -4.32. The second kappa shape index (κ2) is 6.75. The summed E-state index contributed by atoms with van der Waals surface area (Å²) in [7, 11) is 0. The van der Waals surface area contributed by atoms with Gasteiger partial charge in [0.1, 0.15) is 0 Å². The van der Waals surface area contributed by atoms with Crippen molar-refractivity contribution in [3.8, 4) is 11.1 Å². The van der Waals surface area contributed by atoms with Gasteiger partial charge in [-0.05, 0) is 53.6 Å². The van der Waals surface area contributed by atoms with E-state index in [4.69, 9.17) is 0 Å². The van der Waals surface area contributed by atoms with E-state index in [2.05, 4.69) is 13.8 Å². The Hall–Kier alpha value is -1.81. The fraction of sp³-hybridized carbons (Fsp3) is 0.368. The molecule has 0 aromatic heterocycles. The monoisotopic (exact) mass is 322 g/mol. The van der Waals surface area contributed by atoms with Crippen molar-refractivity contribution in [2.75, 3.05) is 0 Å². The molecule has 1 atom stereocenters. The Kier molecular flexibility index (Phi) is 5.15. The van der Waals surface area contributed by atoms with Gasteiger partial charge in [-0.15, -0.1) is 0 Å². The van der Waals surface area contributed by atoms with Gasteiger partial charge in [-0.1, -0.05) is 44.2 Å². The number of hydrogen-bond donors (Lipinski definition) is 1. The minimum Gasteiger partial charge on any atom is -0.388 e. The highest BCUT2D eigenvalue weighted by Gasteiger charge is 2.29. The maximum atomic E-state index is 12.6. The number of halogens is 3. The summed E-state index contributed by atoms with van der Waals surface area (Å²) in [6, 6.07) is 10.7. The van der Waals surface area contributed by atoms with E-state index in [0.717, 1.165) is 34.4 Å². The number of rotatable bonds is 4. The SMILES string of the molecule is Cc1cc(-c2ccc(C(F)(F)F)cc2)ccc1C(O)CC(C)C. The van der Waals surface area contributed by atoms with Crippen LogP contribution >= 0.6 is 0 Å². The third-order valence-corrected chi connectivity index (χ3v) is 3.87. The molecule has 0 fully saturated rings. The molecule has 23 heavy (non-hydrogen) atoms. The third-order valence-electron chi connectivity index (χ3n) is 3.87. The zero-order chi connectivity index (χ0) is 17.2. The van der Waals surface area contributed by atoms with Crippen LogP contribution in [-0.4, -0.2) is 5.11 Å². The number of aliphatic hydroxyl groups excluding tert-OH is 1. The van der Waals surface area contributed by atoms with E-state index < -0.39 is 17.8 Å². The summed E-state index contributed by atoms with van der Waals surface area (Å²) in [6.07, 6.45) is -4.16. The van der Waals surface area contributed by atoms with Gasteiger partial charge in [0.25, 0.3) is 0 Å². The van der Waals surface area contributed by atoms with Crippen molar-refractivity contribution in [3.63, 3.8) is 0 Å². The average molecular weight is 322 g/mol. The Bertz CT molecular complexity index is 657. The maximum absolute atomic E-state index is 12.6. The molecular formula is C19H21F3O. The van der Waals surface area contributed by atoms with E-state index in [-0.39, 0.29) is 0 Å². The standard InChI is InChI=1S/C19H21F3O/c1-12(2)10-18(23)17-9-6-15(11-13(17)3)14-4-7-16(8-5-14)19(20,21)22/h4-9,11-12,18,23H,10H2,1-3H3. The van der Waals surface area contributed by atoms with E-state index in [1.54, 1.807) is 0 Å². The molecule has 0 aliphatic rings. The molecule has 0 bridgehead atoms. The smallest absolute Gasteiger partial charge is 0.388 e. The molecule has 0 saturated heterocycles. The van der Waals surface area contributed by atoms with Gasteiger partial charge in [0.2, 0.25) is 0 Å². The van der Waals surface area contributed by atoms with Gasteiger partial charge in [-0.3, -0.25) is 0 Å². The molecule has 0 heterocycles. The molecule has 1 unspecified atom stereocenters. The average Bonchev–Trinajstić information content (AvgIpc) is 2.45. The predicted octanol–water partition coefficient (Wildman–Crippen LogP) is 5.76. The Morgan fingerprint density at radius 1 is 0.957 bits per heavy atom. The molecule has 2 rings (SSSR count). The normalized spacial score (nSPS) is 13.4. The van der Waals surface area contributed by atoms with Crippen molar-refractivity contribution >= 4 is 0 Å². The van der Waals surface area contributed by atoms with Crippen molar-refractivity contribution in [2.45, 2.75) is 39.5 Å². The molecule has 4 heteroatoms. The summed E-state index contributed by atoms with van der Waals surface area (Å²) in [4.78, 5) is 0. The molecule has 0 spiro atoms. The van der Waals surface area contributed by atoms with Crippen LogP contribution in [0.2, 0.25) is 0 Å².